The van der Waals surface area contributed by atoms with Crippen LogP contribution in [0.25, 0.3) is 11.4 Å². The Hall–Kier alpha value is -2.86. The predicted molar refractivity (Wildman–Crippen MR) is 104 cm³/mol. The summed E-state index contributed by atoms with van der Waals surface area (Å²) in [7, 11) is 2.03. The number of hydrogen-bond donors (Lipinski definition) is 0. The summed E-state index contributed by atoms with van der Waals surface area (Å²) in [4.78, 5) is 6.65. The van der Waals surface area contributed by atoms with Crippen molar-refractivity contribution in [2.75, 3.05) is 26.8 Å². The van der Waals surface area contributed by atoms with Gasteiger partial charge in [-0.1, -0.05) is 35.5 Å². The van der Waals surface area contributed by atoms with Crippen LogP contribution in [0.3, 0.4) is 0 Å². The van der Waals surface area contributed by atoms with Crippen LogP contribution >= 0.6 is 0 Å². The number of ether oxygens (including phenoxy) is 2. The lowest BCUT2D eigenvalue weighted by Crippen LogP contribution is -2.21. The van der Waals surface area contributed by atoms with E-state index < -0.39 is 0 Å². The molecule has 0 saturated heterocycles. The quantitative estimate of drug-likeness (QED) is 0.504. The van der Waals surface area contributed by atoms with Gasteiger partial charge in [0.1, 0.15) is 11.5 Å². The molecular formula is C21H25N3O3. The van der Waals surface area contributed by atoms with Crippen molar-refractivity contribution in [2.24, 2.45) is 0 Å². The summed E-state index contributed by atoms with van der Waals surface area (Å²) in [6.45, 7) is 4.69. The van der Waals surface area contributed by atoms with Gasteiger partial charge in [0.2, 0.25) is 11.7 Å². The Kier molecular flexibility index (Phi) is 6.82. The Morgan fingerprint density at radius 2 is 1.78 bits per heavy atom. The van der Waals surface area contributed by atoms with Crippen molar-refractivity contribution in [3.8, 4) is 22.9 Å². The van der Waals surface area contributed by atoms with Crippen molar-refractivity contribution in [3.05, 3.63) is 60.5 Å². The second-order valence-electron chi connectivity index (χ2n) is 6.19. The highest BCUT2D eigenvalue weighted by molar-refractivity contribution is 5.63. The highest BCUT2D eigenvalue weighted by Crippen LogP contribution is 2.27. The van der Waals surface area contributed by atoms with E-state index in [0.717, 1.165) is 30.0 Å². The molecule has 6 heteroatoms. The van der Waals surface area contributed by atoms with Crippen LogP contribution in [0.4, 0.5) is 0 Å². The predicted octanol–water partition coefficient (Wildman–Crippen LogP) is 4.04. The molecule has 3 aromatic rings. The van der Waals surface area contributed by atoms with Gasteiger partial charge < -0.3 is 14.0 Å². The van der Waals surface area contributed by atoms with Crippen LogP contribution in [-0.4, -0.2) is 41.8 Å². The second kappa shape index (κ2) is 9.73. The molecule has 0 saturated carbocycles. The van der Waals surface area contributed by atoms with Gasteiger partial charge in [-0.15, -0.1) is 0 Å². The van der Waals surface area contributed by atoms with E-state index >= 15 is 0 Å². The lowest BCUT2D eigenvalue weighted by Gasteiger charge is -2.14. The number of nitrogens with zero attached hydrogens (tertiary/aromatic N) is 3. The van der Waals surface area contributed by atoms with Crippen LogP contribution < -0.4 is 9.47 Å². The summed E-state index contributed by atoms with van der Waals surface area (Å²) in [5.41, 5.74) is 0.841. The van der Waals surface area contributed by atoms with Gasteiger partial charge in [-0.2, -0.15) is 4.98 Å². The average Bonchev–Trinajstić information content (AvgIpc) is 3.15. The molecule has 27 heavy (non-hydrogen) atoms. The molecule has 0 aliphatic rings. The molecular weight excluding hydrogens is 342 g/mol. The smallest absolute Gasteiger partial charge is 0.241 e. The number of benzene rings is 2. The van der Waals surface area contributed by atoms with Gasteiger partial charge in [0.25, 0.3) is 0 Å². The number of rotatable bonds is 10. The van der Waals surface area contributed by atoms with Crippen LogP contribution in [0.5, 0.6) is 11.5 Å². The van der Waals surface area contributed by atoms with Gasteiger partial charge in [-0.3, -0.25) is 4.90 Å². The maximum absolute atomic E-state index is 5.71. The van der Waals surface area contributed by atoms with Gasteiger partial charge in [0, 0.05) is 6.54 Å². The lowest BCUT2D eigenvalue weighted by molar-refractivity contribution is 0.235. The third kappa shape index (κ3) is 5.56. The summed E-state index contributed by atoms with van der Waals surface area (Å²) in [5, 5.41) is 4.10. The largest absolute Gasteiger partial charge is 0.494 e. The lowest BCUT2D eigenvalue weighted by atomic mass is 10.2. The molecule has 142 valence electrons. The van der Waals surface area contributed by atoms with E-state index in [4.69, 9.17) is 14.0 Å². The normalized spacial score (nSPS) is 10.9. The third-order valence-corrected chi connectivity index (χ3v) is 4.00. The second-order valence-corrected chi connectivity index (χ2v) is 6.19. The van der Waals surface area contributed by atoms with Crippen LogP contribution in [0, 0.1) is 0 Å². The van der Waals surface area contributed by atoms with Crippen molar-refractivity contribution in [2.45, 2.75) is 19.9 Å². The van der Waals surface area contributed by atoms with Gasteiger partial charge in [-0.05, 0) is 44.7 Å². The molecule has 6 nitrogen and oxygen atoms in total. The maximum Gasteiger partial charge on any atom is 0.241 e. The zero-order valence-electron chi connectivity index (χ0n) is 15.8. The van der Waals surface area contributed by atoms with Crippen molar-refractivity contribution < 1.29 is 14.0 Å². The van der Waals surface area contributed by atoms with Gasteiger partial charge in [-0.25, -0.2) is 0 Å². The van der Waals surface area contributed by atoms with E-state index in [1.807, 2.05) is 68.6 Å². The van der Waals surface area contributed by atoms with Crippen LogP contribution in [0.15, 0.2) is 59.1 Å². The Balaban J connectivity index is 1.49. The Labute approximate surface area is 159 Å². The first-order valence-corrected chi connectivity index (χ1v) is 9.17. The SMILES string of the molecule is CCOc1ccccc1-c1noc(CN(C)CCCOc2ccccc2)n1. The molecule has 0 unspecified atom stereocenters. The first kappa shape index (κ1) is 18.9. The van der Waals surface area contributed by atoms with Crippen molar-refractivity contribution in [3.63, 3.8) is 0 Å². The highest BCUT2D eigenvalue weighted by Gasteiger charge is 2.14. The van der Waals surface area contributed by atoms with E-state index in [2.05, 4.69) is 15.0 Å². The molecule has 0 spiro atoms. The Morgan fingerprint density at radius 1 is 1.00 bits per heavy atom. The topological polar surface area (TPSA) is 60.6 Å². The monoisotopic (exact) mass is 367 g/mol. The highest BCUT2D eigenvalue weighted by atomic mass is 16.5. The van der Waals surface area contributed by atoms with E-state index in [1.54, 1.807) is 0 Å². The first-order chi connectivity index (χ1) is 13.3. The van der Waals surface area contributed by atoms with Crippen molar-refractivity contribution in [1.82, 2.24) is 15.0 Å². The summed E-state index contributed by atoms with van der Waals surface area (Å²) in [6, 6.07) is 17.6. The van der Waals surface area contributed by atoms with Gasteiger partial charge >= 0.3 is 0 Å². The van der Waals surface area contributed by atoms with Crippen LogP contribution in [0.1, 0.15) is 19.2 Å². The fourth-order valence-electron chi connectivity index (χ4n) is 2.71. The molecule has 0 aliphatic carbocycles. The van der Waals surface area contributed by atoms with Gasteiger partial charge in [0.05, 0.1) is 25.3 Å². The molecule has 0 N–H and O–H groups in total. The molecule has 0 amide bonds. The number of hydrogen-bond acceptors (Lipinski definition) is 6. The summed E-state index contributed by atoms with van der Waals surface area (Å²) in [6.07, 6.45) is 0.916. The molecule has 0 radical (unpaired) electrons. The fourth-order valence-corrected chi connectivity index (χ4v) is 2.71. The molecule has 1 heterocycles. The van der Waals surface area contributed by atoms with Crippen molar-refractivity contribution >= 4 is 0 Å². The zero-order valence-corrected chi connectivity index (χ0v) is 15.8. The molecule has 1 aromatic heterocycles. The zero-order chi connectivity index (χ0) is 18.9. The van der Waals surface area contributed by atoms with Crippen LogP contribution in [-0.2, 0) is 6.54 Å². The summed E-state index contributed by atoms with van der Waals surface area (Å²) in [5.74, 6) is 2.80. The van der Waals surface area contributed by atoms with E-state index in [0.29, 0.717) is 31.5 Å². The maximum atomic E-state index is 5.71. The minimum Gasteiger partial charge on any atom is -0.494 e. The Bertz CT molecular complexity index is 820. The summed E-state index contributed by atoms with van der Waals surface area (Å²) < 4.78 is 16.8. The third-order valence-electron chi connectivity index (χ3n) is 4.00. The molecule has 0 fully saturated rings. The van der Waals surface area contributed by atoms with E-state index in [1.165, 1.54) is 0 Å². The Morgan fingerprint density at radius 3 is 2.59 bits per heavy atom. The van der Waals surface area contributed by atoms with E-state index in [9.17, 15) is 0 Å². The minimum atomic E-state index is 0.551. The average molecular weight is 367 g/mol. The molecule has 0 bridgehead atoms. The molecule has 0 atom stereocenters. The number of para-hydroxylation sites is 2. The van der Waals surface area contributed by atoms with Crippen molar-refractivity contribution in [1.29, 1.82) is 0 Å². The van der Waals surface area contributed by atoms with E-state index in [-0.39, 0.29) is 0 Å². The molecule has 2 aromatic carbocycles. The number of aromatic nitrogens is 2. The van der Waals surface area contributed by atoms with Crippen LogP contribution in [0.2, 0.25) is 0 Å². The van der Waals surface area contributed by atoms with Gasteiger partial charge in [0.15, 0.2) is 0 Å². The summed E-state index contributed by atoms with van der Waals surface area (Å²) >= 11 is 0. The first-order valence-electron chi connectivity index (χ1n) is 9.17. The fraction of sp³-hybridized carbons (Fsp3) is 0.333. The molecule has 0 aliphatic heterocycles. The minimum absolute atomic E-state index is 0.551. The standard InChI is InChI=1S/C21H25N3O3/c1-3-25-19-13-8-7-12-18(19)21-22-20(27-23-21)16-24(2)14-9-15-26-17-10-5-4-6-11-17/h4-8,10-13H,3,9,14-16H2,1-2H3. The molecule has 3 rings (SSSR count).